The van der Waals surface area contributed by atoms with Crippen LogP contribution in [0.4, 0.5) is 4.39 Å². The number of hydrogen-bond donors (Lipinski definition) is 1. The summed E-state index contributed by atoms with van der Waals surface area (Å²) in [5, 5.41) is 2.48. The number of hydrogen-bond acceptors (Lipinski definition) is 5. The minimum Gasteiger partial charge on any atom is -0.351 e. The van der Waals surface area contributed by atoms with Crippen molar-refractivity contribution in [2.75, 3.05) is 26.4 Å². The first-order valence-corrected chi connectivity index (χ1v) is 9.08. The number of sulfonamides is 1. The normalized spacial score (nSPS) is 11.6. The highest BCUT2D eigenvalue weighted by atomic mass is 32.2. The summed E-state index contributed by atoms with van der Waals surface area (Å²) in [5.74, 6) is -1.39. The molecule has 0 aliphatic heterocycles. The van der Waals surface area contributed by atoms with Gasteiger partial charge in [0.1, 0.15) is 5.82 Å². The fraction of sp³-hybridized carbons (Fsp3) is 0.312. The molecule has 0 unspecified atom stereocenters. The van der Waals surface area contributed by atoms with Crippen LogP contribution in [-0.4, -0.2) is 55.0 Å². The SMILES string of the molecule is Cc1nccnc1-c1cc(F)cc(C(=O)NCCS(=O)(=O)N(C)C)c1. The Balaban J connectivity index is 2.17. The zero-order valence-corrected chi connectivity index (χ0v) is 15.0. The number of aryl methyl sites for hydroxylation is 1. The lowest BCUT2D eigenvalue weighted by Crippen LogP contribution is -2.33. The summed E-state index contributed by atoms with van der Waals surface area (Å²) < 4.78 is 38.3. The second-order valence-corrected chi connectivity index (χ2v) is 7.88. The molecule has 0 bridgehead atoms. The van der Waals surface area contributed by atoms with Crippen LogP contribution in [0.15, 0.2) is 30.6 Å². The lowest BCUT2D eigenvalue weighted by Gasteiger charge is -2.12. The number of benzene rings is 1. The molecule has 2 aromatic rings. The van der Waals surface area contributed by atoms with Crippen molar-refractivity contribution < 1.29 is 17.6 Å². The van der Waals surface area contributed by atoms with Crippen LogP contribution in [0.1, 0.15) is 16.1 Å². The highest BCUT2D eigenvalue weighted by Gasteiger charge is 2.15. The minimum atomic E-state index is -3.41. The third kappa shape index (κ3) is 4.80. The molecule has 0 aliphatic rings. The monoisotopic (exact) mass is 366 g/mol. The first-order valence-electron chi connectivity index (χ1n) is 7.47. The maximum atomic E-state index is 13.9. The molecule has 1 aromatic heterocycles. The van der Waals surface area contributed by atoms with E-state index in [9.17, 15) is 17.6 Å². The number of rotatable bonds is 6. The molecule has 0 aliphatic carbocycles. The van der Waals surface area contributed by atoms with Crippen molar-refractivity contribution in [2.24, 2.45) is 0 Å². The van der Waals surface area contributed by atoms with E-state index in [1.807, 2.05) is 0 Å². The predicted octanol–water partition coefficient (Wildman–Crippen LogP) is 1.21. The lowest BCUT2D eigenvalue weighted by molar-refractivity contribution is 0.0955. The molecule has 0 atom stereocenters. The second kappa shape index (κ2) is 7.66. The van der Waals surface area contributed by atoms with Crippen molar-refractivity contribution in [3.8, 4) is 11.3 Å². The lowest BCUT2D eigenvalue weighted by atomic mass is 10.1. The zero-order valence-electron chi connectivity index (χ0n) is 14.2. The van der Waals surface area contributed by atoms with E-state index in [0.29, 0.717) is 17.0 Å². The van der Waals surface area contributed by atoms with Crippen LogP contribution < -0.4 is 5.32 Å². The van der Waals surface area contributed by atoms with Crippen molar-refractivity contribution in [1.29, 1.82) is 0 Å². The van der Waals surface area contributed by atoms with E-state index in [1.165, 1.54) is 38.6 Å². The Bertz CT molecular complexity index is 885. The predicted molar refractivity (Wildman–Crippen MR) is 92.0 cm³/mol. The largest absolute Gasteiger partial charge is 0.351 e. The van der Waals surface area contributed by atoms with E-state index in [-0.39, 0.29) is 17.9 Å². The number of amides is 1. The van der Waals surface area contributed by atoms with Crippen LogP contribution in [0.5, 0.6) is 0 Å². The molecule has 1 amide bonds. The molecule has 134 valence electrons. The quantitative estimate of drug-likeness (QED) is 0.830. The number of carbonyl (C=O) groups is 1. The molecule has 1 aromatic carbocycles. The van der Waals surface area contributed by atoms with Gasteiger partial charge >= 0.3 is 0 Å². The molecule has 0 fully saturated rings. The van der Waals surface area contributed by atoms with Crippen LogP contribution >= 0.6 is 0 Å². The molecule has 9 heteroatoms. The molecule has 0 saturated heterocycles. The van der Waals surface area contributed by atoms with Gasteiger partial charge in [-0.25, -0.2) is 17.1 Å². The van der Waals surface area contributed by atoms with E-state index >= 15 is 0 Å². The molecular weight excluding hydrogens is 347 g/mol. The second-order valence-electron chi connectivity index (χ2n) is 5.57. The molecule has 2 rings (SSSR count). The van der Waals surface area contributed by atoms with Crippen molar-refractivity contribution in [3.63, 3.8) is 0 Å². The average molecular weight is 366 g/mol. The minimum absolute atomic E-state index is 0.0740. The average Bonchev–Trinajstić information content (AvgIpc) is 2.54. The van der Waals surface area contributed by atoms with Gasteiger partial charge in [0.15, 0.2) is 0 Å². The Kier molecular flexibility index (Phi) is 5.81. The van der Waals surface area contributed by atoms with Gasteiger partial charge in [-0.15, -0.1) is 0 Å². The molecule has 7 nitrogen and oxygen atoms in total. The van der Waals surface area contributed by atoms with E-state index in [0.717, 1.165) is 10.4 Å². The number of nitrogens with zero attached hydrogens (tertiary/aromatic N) is 3. The van der Waals surface area contributed by atoms with E-state index < -0.39 is 21.7 Å². The zero-order chi connectivity index (χ0) is 18.6. The van der Waals surface area contributed by atoms with Gasteiger partial charge < -0.3 is 5.32 Å². The van der Waals surface area contributed by atoms with Crippen LogP contribution in [0.25, 0.3) is 11.3 Å². The van der Waals surface area contributed by atoms with Crippen molar-refractivity contribution >= 4 is 15.9 Å². The number of halogens is 1. The van der Waals surface area contributed by atoms with Gasteiger partial charge in [-0.2, -0.15) is 0 Å². The Labute approximate surface area is 146 Å². The molecular formula is C16H19FN4O3S. The number of carbonyl (C=O) groups excluding carboxylic acids is 1. The van der Waals surface area contributed by atoms with Gasteiger partial charge in [-0.05, 0) is 25.1 Å². The molecule has 1 N–H and O–H groups in total. The van der Waals surface area contributed by atoms with Crippen molar-refractivity contribution in [3.05, 3.63) is 47.7 Å². The van der Waals surface area contributed by atoms with Gasteiger partial charge in [-0.1, -0.05) is 0 Å². The maximum absolute atomic E-state index is 13.9. The highest BCUT2D eigenvalue weighted by molar-refractivity contribution is 7.89. The molecule has 0 saturated carbocycles. The maximum Gasteiger partial charge on any atom is 0.251 e. The summed E-state index contributed by atoms with van der Waals surface area (Å²) in [7, 11) is -0.583. The van der Waals surface area contributed by atoms with E-state index in [1.54, 1.807) is 6.92 Å². The first-order chi connectivity index (χ1) is 11.7. The topological polar surface area (TPSA) is 92.3 Å². The van der Waals surface area contributed by atoms with Crippen LogP contribution in [0.3, 0.4) is 0 Å². The Hall–Kier alpha value is -2.39. The Morgan fingerprint density at radius 1 is 1.20 bits per heavy atom. The van der Waals surface area contributed by atoms with E-state index in [4.69, 9.17) is 0 Å². The highest BCUT2D eigenvalue weighted by Crippen LogP contribution is 2.22. The molecule has 0 spiro atoms. The van der Waals surface area contributed by atoms with Gasteiger partial charge in [0, 0.05) is 44.2 Å². The fourth-order valence-electron chi connectivity index (χ4n) is 2.13. The van der Waals surface area contributed by atoms with Crippen molar-refractivity contribution in [1.82, 2.24) is 19.6 Å². The van der Waals surface area contributed by atoms with Gasteiger partial charge in [-0.3, -0.25) is 14.8 Å². The smallest absolute Gasteiger partial charge is 0.251 e. The first kappa shape index (κ1) is 18.9. The van der Waals surface area contributed by atoms with Gasteiger partial charge in [0.25, 0.3) is 5.91 Å². The number of nitrogens with one attached hydrogen (secondary N) is 1. The third-order valence-electron chi connectivity index (χ3n) is 3.52. The summed E-state index contributed by atoms with van der Waals surface area (Å²) in [6, 6.07) is 3.85. The van der Waals surface area contributed by atoms with Gasteiger partial charge in [0.05, 0.1) is 17.1 Å². The van der Waals surface area contributed by atoms with Crippen molar-refractivity contribution in [2.45, 2.75) is 6.92 Å². The van der Waals surface area contributed by atoms with E-state index in [2.05, 4.69) is 15.3 Å². The summed E-state index contributed by atoms with van der Waals surface area (Å²) >= 11 is 0. The molecule has 25 heavy (non-hydrogen) atoms. The summed E-state index contributed by atoms with van der Waals surface area (Å²) in [6.07, 6.45) is 3.01. The Morgan fingerprint density at radius 2 is 1.88 bits per heavy atom. The standard InChI is InChI=1S/C16H19FN4O3S/c1-11-15(19-5-4-18-11)12-8-13(10-14(17)9-12)16(22)20-6-7-25(23,24)21(2)3/h4-5,8-10H,6-7H2,1-3H3,(H,20,22). The van der Waals surface area contributed by atoms with Crippen LogP contribution in [0, 0.1) is 12.7 Å². The van der Waals surface area contributed by atoms with Gasteiger partial charge in [0.2, 0.25) is 10.0 Å². The summed E-state index contributed by atoms with van der Waals surface area (Å²) in [6.45, 7) is 1.66. The summed E-state index contributed by atoms with van der Waals surface area (Å²) in [5.41, 5.74) is 1.60. The van der Waals surface area contributed by atoms with Crippen LogP contribution in [0.2, 0.25) is 0 Å². The molecule has 1 heterocycles. The molecule has 0 radical (unpaired) electrons. The summed E-state index contributed by atoms with van der Waals surface area (Å²) in [4.78, 5) is 20.5. The fourth-order valence-corrected chi connectivity index (χ4v) is 2.85. The Morgan fingerprint density at radius 3 is 2.52 bits per heavy atom. The van der Waals surface area contributed by atoms with Crippen LogP contribution in [-0.2, 0) is 10.0 Å². The number of aromatic nitrogens is 2. The third-order valence-corrected chi connectivity index (χ3v) is 5.35.